The Balaban J connectivity index is 2.74. The molecule has 16 heavy (non-hydrogen) atoms. The number of benzene rings is 1. The van der Waals surface area contributed by atoms with Crippen LogP contribution in [-0.2, 0) is 0 Å². The largest absolute Gasteiger partial charge is 0.493 e. The van der Waals surface area contributed by atoms with E-state index in [9.17, 15) is 0 Å². The normalized spacial score (nSPS) is 12.8. The molecule has 0 spiro atoms. The number of hydrogen-bond donors (Lipinski definition) is 1. The third-order valence-corrected chi connectivity index (χ3v) is 2.84. The SMILES string of the molecule is CC(C)COc1ccccc1C(C)CCS. The van der Waals surface area contributed by atoms with Gasteiger partial charge in [-0.1, -0.05) is 39.0 Å². The van der Waals surface area contributed by atoms with E-state index in [4.69, 9.17) is 4.74 Å². The Kier molecular flexibility index (Phi) is 5.75. The summed E-state index contributed by atoms with van der Waals surface area (Å²) in [4.78, 5) is 0. The van der Waals surface area contributed by atoms with Gasteiger partial charge in [0.1, 0.15) is 5.75 Å². The van der Waals surface area contributed by atoms with Gasteiger partial charge in [0.25, 0.3) is 0 Å². The van der Waals surface area contributed by atoms with Crippen molar-refractivity contribution < 1.29 is 4.74 Å². The second-order valence-electron chi connectivity index (χ2n) is 4.66. The Hall–Kier alpha value is -0.630. The lowest BCUT2D eigenvalue weighted by Gasteiger charge is -2.17. The minimum atomic E-state index is 0.515. The fourth-order valence-corrected chi connectivity index (χ4v) is 2.01. The smallest absolute Gasteiger partial charge is 0.122 e. The van der Waals surface area contributed by atoms with Crippen molar-refractivity contribution in [1.29, 1.82) is 0 Å². The monoisotopic (exact) mass is 238 g/mol. The summed E-state index contributed by atoms with van der Waals surface area (Å²) in [6.07, 6.45) is 1.09. The topological polar surface area (TPSA) is 9.23 Å². The van der Waals surface area contributed by atoms with Gasteiger partial charge in [0, 0.05) is 0 Å². The Morgan fingerprint density at radius 2 is 1.88 bits per heavy atom. The summed E-state index contributed by atoms with van der Waals surface area (Å²) in [5.41, 5.74) is 1.30. The van der Waals surface area contributed by atoms with Crippen LogP contribution in [0.25, 0.3) is 0 Å². The maximum Gasteiger partial charge on any atom is 0.122 e. The minimum absolute atomic E-state index is 0.515. The van der Waals surface area contributed by atoms with Crippen molar-refractivity contribution in [2.24, 2.45) is 5.92 Å². The van der Waals surface area contributed by atoms with E-state index in [1.54, 1.807) is 0 Å². The first kappa shape index (κ1) is 13.4. The van der Waals surface area contributed by atoms with Crippen molar-refractivity contribution in [3.8, 4) is 5.75 Å². The highest BCUT2D eigenvalue weighted by atomic mass is 32.1. The van der Waals surface area contributed by atoms with Crippen LogP contribution in [-0.4, -0.2) is 12.4 Å². The fourth-order valence-electron chi connectivity index (χ4n) is 1.62. The molecule has 1 aromatic carbocycles. The van der Waals surface area contributed by atoms with Crippen molar-refractivity contribution in [1.82, 2.24) is 0 Å². The van der Waals surface area contributed by atoms with Gasteiger partial charge in [0.05, 0.1) is 6.61 Å². The maximum absolute atomic E-state index is 5.84. The van der Waals surface area contributed by atoms with E-state index in [1.807, 2.05) is 6.07 Å². The summed E-state index contributed by atoms with van der Waals surface area (Å²) in [6, 6.07) is 8.33. The van der Waals surface area contributed by atoms with Gasteiger partial charge in [0.15, 0.2) is 0 Å². The van der Waals surface area contributed by atoms with Crippen LogP contribution in [0, 0.1) is 5.92 Å². The van der Waals surface area contributed by atoms with Crippen LogP contribution < -0.4 is 4.74 Å². The van der Waals surface area contributed by atoms with Crippen LogP contribution in [0.3, 0.4) is 0 Å². The Bertz CT molecular complexity index is 309. The van der Waals surface area contributed by atoms with Crippen LogP contribution in [0.5, 0.6) is 5.75 Å². The first-order valence-corrected chi connectivity index (χ1v) is 6.61. The molecule has 1 nitrogen and oxygen atoms in total. The highest BCUT2D eigenvalue weighted by Gasteiger charge is 2.10. The van der Waals surface area contributed by atoms with Crippen LogP contribution in [0.15, 0.2) is 24.3 Å². The molecule has 1 rings (SSSR count). The van der Waals surface area contributed by atoms with Crippen molar-refractivity contribution in [2.45, 2.75) is 33.1 Å². The number of thiol groups is 1. The summed E-state index contributed by atoms with van der Waals surface area (Å²) in [5.74, 6) is 3.03. The quantitative estimate of drug-likeness (QED) is 0.733. The minimum Gasteiger partial charge on any atom is -0.493 e. The Morgan fingerprint density at radius 1 is 1.19 bits per heavy atom. The van der Waals surface area contributed by atoms with Gasteiger partial charge in [-0.2, -0.15) is 12.6 Å². The first-order valence-electron chi connectivity index (χ1n) is 5.97. The molecule has 1 unspecified atom stereocenters. The summed E-state index contributed by atoms with van der Waals surface area (Å²) < 4.78 is 5.84. The van der Waals surface area contributed by atoms with E-state index in [2.05, 4.69) is 51.6 Å². The van der Waals surface area contributed by atoms with E-state index in [-0.39, 0.29) is 0 Å². The second-order valence-corrected chi connectivity index (χ2v) is 5.10. The molecule has 0 N–H and O–H groups in total. The zero-order valence-electron chi connectivity index (χ0n) is 10.4. The molecule has 0 aliphatic heterocycles. The third kappa shape index (κ3) is 4.09. The average Bonchev–Trinajstić information content (AvgIpc) is 2.27. The zero-order valence-corrected chi connectivity index (χ0v) is 11.3. The molecule has 0 amide bonds. The lowest BCUT2D eigenvalue weighted by Crippen LogP contribution is -2.07. The Morgan fingerprint density at radius 3 is 2.50 bits per heavy atom. The van der Waals surface area contributed by atoms with E-state index < -0.39 is 0 Å². The van der Waals surface area contributed by atoms with Gasteiger partial charge in [-0.3, -0.25) is 0 Å². The van der Waals surface area contributed by atoms with Gasteiger partial charge in [0.2, 0.25) is 0 Å². The lowest BCUT2D eigenvalue weighted by atomic mass is 9.98. The zero-order chi connectivity index (χ0) is 12.0. The molecule has 0 aliphatic rings. The maximum atomic E-state index is 5.84. The molecule has 0 radical (unpaired) electrons. The van der Waals surface area contributed by atoms with Crippen molar-refractivity contribution >= 4 is 12.6 Å². The molecule has 0 aliphatic carbocycles. The molecule has 0 saturated heterocycles. The molecule has 0 saturated carbocycles. The molecule has 2 heteroatoms. The number of ether oxygens (including phenoxy) is 1. The molecular weight excluding hydrogens is 216 g/mol. The van der Waals surface area contributed by atoms with E-state index in [1.165, 1.54) is 5.56 Å². The predicted octanol–water partition coefficient (Wildman–Crippen LogP) is 4.14. The number of rotatable bonds is 6. The molecule has 0 fully saturated rings. The highest BCUT2D eigenvalue weighted by molar-refractivity contribution is 7.80. The highest BCUT2D eigenvalue weighted by Crippen LogP contribution is 2.29. The molecule has 1 atom stereocenters. The summed E-state index contributed by atoms with van der Waals surface area (Å²) in [7, 11) is 0. The van der Waals surface area contributed by atoms with Gasteiger partial charge in [-0.05, 0) is 35.6 Å². The van der Waals surface area contributed by atoms with Crippen molar-refractivity contribution in [2.75, 3.05) is 12.4 Å². The van der Waals surface area contributed by atoms with Crippen LogP contribution in [0.4, 0.5) is 0 Å². The molecule has 0 heterocycles. The first-order chi connectivity index (χ1) is 7.65. The molecule has 0 bridgehead atoms. The Labute approximate surface area is 105 Å². The number of hydrogen-bond acceptors (Lipinski definition) is 2. The summed E-state index contributed by atoms with van der Waals surface area (Å²) in [6.45, 7) is 7.35. The predicted molar refractivity (Wildman–Crippen MR) is 73.7 cm³/mol. The van der Waals surface area contributed by atoms with Gasteiger partial charge >= 0.3 is 0 Å². The van der Waals surface area contributed by atoms with Gasteiger partial charge < -0.3 is 4.74 Å². The second kappa shape index (κ2) is 6.85. The summed E-state index contributed by atoms with van der Waals surface area (Å²) >= 11 is 4.29. The van der Waals surface area contributed by atoms with Crippen LogP contribution >= 0.6 is 12.6 Å². The van der Waals surface area contributed by atoms with Crippen LogP contribution in [0.2, 0.25) is 0 Å². The summed E-state index contributed by atoms with van der Waals surface area (Å²) in [5, 5.41) is 0. The van der Waals surface area contributed by atoms with E-state index in [0.29, 0.717) is 11.8 Å². The van der Waals surface area contributed by atoms with Gasteiger partial charge in [-0.15, -0.1) is 0 Å². The molecule has 90 valence electrons. The number of para-hydroxylation sites is 1. The van der Waals surface area contributed by atoms with Crippen LogP contribution in [0.1, 0.15) is 38.7 Å². The molecule has 1 aromatic rings. The third-order valence-electron chi connectivity index (χ3n) is 2.58. The van der Waals surface area contributed by atoms with E-state index in [0.717, 1.165) is 24.5 Å². The van der Waals surface area contributed by atoms with Gasteiger partial charge in [-0.25, -0.2) is 0 Å². The average molecular weight is 238 g/mol. The van der Waals surface area contributed by atoms with E-state index >= 15 is 0 Å². The standard InChI is InChI=1S/C14H22OS/c1-11(2)10-15-14-7-5-4-6-13(14)12(3)8-9-16/h4-7,11-12,16H,8-10H2,1-3H3. The molecule has 0 aromatic heterocycles. The molecular formula is C14H22OS. The lowest BCUT2D eigenvalue weighted by molar-refractivity contribution is 0.267. The van der Waals surface area contributed by atoms with Crippen molar-refractivity contribution in [3.05, 3.63) is 29.8 Å². The fraction of sp³-hybridized carbons (Fsp3) is 0.571. The van der Waals surface area contributed by atoms with Crippen molar-refractivity contribution in [3.63, 3.8) is 0 Å².